The van der Waals surface area contributed by atoms with Gasteiger partial charge in [0, 0.05) is 12.8 Å². The maximum atomic E-state index is 12.0. The SMILES string of the molecule is O=C(CC1OC(=O)C(Br)=C1Br)CC1OC(=O)C(Br)=C1Br. The Bertz CT molecular complexity index is 517. The van der Waals surface area contributed by atoms with E-state index in [1.54, 1.807) is 0 Å². The summed E-state index contributed by atoms with van der Waals surface area (Å²) >= 11 is 12.6. The number of carbonyl (C=O) groups excluding carboxylic acids is 3. The average molecular weight is 538 g/mol. The third-order valence-electron chi connectivity index (χ3n) is 2.67. The Morgan fingerprint density at radius 2 is 1.20 bits per heavy atom. The van der Waals surface area contributed by atoms with Crippen LogP contribution in [0.2, 0.25) is 0 Å². The summed E-state index contributed by atoms with van der Waals surface area (Å²) in [4.78, 5) is 34.6. The van der Waals surface area contributed by atoms with E-state index in [-0.39, 0.29) is 27.6 Å². The quantitative estimate of drug-likeness (QED) is 0.515. The molecule has 108 valence electrons. The number of Topliss-reactive ketones (excluding diaryl/α,β-unsaturated/α-hetero) is 1. The largest absolute Gasteiger partial charge is 0.452 e. The third-order valence-corrected chi connectivity index (χ3v) is 7.05. The standard InChI is InChI=1S/C11H6Br4O5/c12-6-4(19-10(17)8(6)14)1-3(16)2-5-7(13)9(15)11(18)20-5/h4-5H,1-2H2. The molecule has 2 aliphatic rings. The van der Waals surface area contributed by atoms with Crippen molar-refractivity contribution >= 4 is 81.4 Å². The highest BCUT2D eigenvalue weighted by atomic mass is 79.9. The second-order valence-electron chi connectivity index (χ2n) is 4.06. The van der Waals surface area contributed by atoms with Crippen LogP contribution < -0.4 is 0 Å². The Kier molecular flexibility index (Phi) is 5.25. The van der Waals surface area contributed by atoms with E-state index >= 15 is 0 Å². The number of hydrogen-bond donors (Lipinski definition) is 0. The smallest absolute Gasteiger partial charge is 0.346 e. The fraction of sp³-hybridized carbons (Fsp3) is 0.364. The number of esters is 2. The van der Waals surface area contributed by atoms with Gasteiger partial charge in [0.25, 0.3) is 0 Å². The molecular formula is C11H6Br4O5. The zero-order chi connectivity index (χ0) is 15.0. The lowest BCUT2D eigenvalue weighted by Gasteiger charge is -2.12. The van der Waals surface area contributed by atoms with E-state index in [0.29, 0.717) is 8.96 Å². The van der Waals surface area contributed by atoms with Gasteiger partial charge in [-0.1, -0.05) is 31.9 Å². The molecule has 2 aliphatic heterocycles. The zero-order valence-corrected chi connectivity index (χ0v) is 16.0. The maximum absolute atomic E-state index is 12.0. The molecule has 0 aromatic carbocycles. The molecule has 0 aromatic heterocycles. The van der Waals surface area contributed by atoms with Crippen LogP contribution in [0, 0.1) is 0 Å². The van der Waals surface area contributed by atoms with Gasteiger partial charge in [0.15, 0.2) is 0 Å². The Labute approximate surface area is 147 Å². The van der Waals surface area contributed by atoms with Crippen molar-refractivity contribution in [2.24, 2.45) is 0 Å². The van der Waals surface area contributed by atoms with Gasteiger partial charge in [-0.3, -0.25) is 4.79 Å². The molecule has 2 unspecified atom stereocenters. The van der Waals surface area contributed by atoms with Crippen LogP contribution >= 0.6 is 63.7 Å². The molecule has 0 aliphatic carbocycles. The first-order chi connectivity index (χ1) is 9.31. The predicted molar refractivity (Wildman–Crippen MR) is 83.8 cm³/mol. The molecule has 5 nitrogen and oxygen atoms in total. The van der Waals surface area contributed by atoms with Crippen LogP contribution in [0.3, 0.4) is 0 Å². The van der Waals surface area contributed by atoms with Crippen LogP contribution in [-0.2, 0) is 23.9 Å². The van der Waals surface area contributed by atoms with E-state index in [2.05, 4.69) is 63.7 Å². The molecule has 0 aromatic rings. The molecule has 0 bridgehead atoms. The van der Waals surface area contributed by atoms with Crippen molar-refractivity contribution in [3.63, 3.8) is 0 Å². The molecule has 20 heavy (non-hydrogen) atoms. The fourth-order valence-corrected chi connectivity index (χ4v) is 3.23. The lowest BCUT2D eigenvalue weighted by molar-refractivity contribution is -0.140. The highest BCUT2D eigenvalue weighted by Crippen LogP contribution is 2.36. The van der Waals surface area contributed by atoms with Crippen LogP contribution in [-0.4, -0.2) is 29.9 Å². The van der Waals surface area contributed by atoms with Crippen LogP contribution in [0.25, 0.3) is 0 Å². The van der Waals surface area contributed by atoms with Crippen molar-refractivity contribution < 1.29 is 23.9 Å². The molecule has 2 atom stereocenters. The van der Waals surface area contributed by atoms with Gasteiger partial charge in [-0.05, 0) is 31.9 Å². The normalized spacial score (nSPS) is 26.2. The first-order valence-corrected chi connectivity index (χ1v) is 8.52. The monoisotopic (exact) mass is 534 g/mol. The summed E-state index contributed by atoms with van der Waals surface area (Å²) in [5.41, 5.74) is 0. The summed E-state index contributed by atoms with van der Waals surface area (Å²) in [6, 6.07) is 0. The molecule has 2 heterocycles. The Morgan fingerprint density at radius 1 is 0.850 bits per heavy atom. The fourth-order valence-electron chi connectivity index (χ4n) is 1.70. The van der Waals surface area contributed by atoms with Crippen molar-refractivity contribution in [1.29, 1.82) is 0 Å². The molecule has 0 saturated carbocycles. The topological polar surface area (TPSA) is 69.7 Å². The number of hydrogen-bond acceptors (Lipinski definition) is 5. The lowest BCUT2D eigenvalue weighted by Crippen LogP contribution is -2.20. The van der Waals surface area contributed by atoms with Crippen LogP contribution in [0.5, 0.6) is 0 Å². The first kappa shape index (κ1) is 16.4. The minimum absolute atomic E-state index is 0.0212. The van der Waals surface area contributed by atoms with Crippen molar-refractivity contribution in [2.75, 3.05) is 0 Å². The molecule has 0 amide bonds. The summed E-state index contributed by atoms with van der Waals surface area (Å²) in [6.45, 7) is 0. The summed E-state index contributed by atoms with van der Waals surface area (Å²) in [5, 5.41) is 0. The van der Waals surface area contributed by atoms with Gasteiger partial charge in [0.1, 0.15) is 27.0 Å². The van der Waals surface area contributed by atoms with Gasteiger partial charge >= 0.3 is 11.9 Å². The average Bonchev–Trinajstić information content (AvgIpc) is 2.76. The first-order valence-electron chi connectivity index (χ1n) is 5.35. The summed E-state index contributed by atoms with van der Waals surface area (Å²) < 4.78 is 11.6. The molecule has 9 heteroatoms. The number of cyclic esters (lactones) is 2. The van der Waals surface area contributed by atoms with Crippen LogP contribution in [0.15, 0.2) is 17.9 Å². The van der Waals surface area contributed by atoms with Gasteiger partial charge < -0.3 is 9.47 Å². The van der Waals surface area contributed by atoms with Gasteiger partial charge in [0.05, 0.1) is 8.96 Å². The van der Waals surface area contributed by atoms with Crippen LogP contribution in [0.1, 0.15) is 12.8 Å². The molecule has 0 spiro atoms. The maximum Gasteiger partial charge on any atom is 0.346 e. The van der Waals surface area contributed by atoms with Gasteiger partial charge in [-0.15, -0.1) is 0 Å². The molecule has 0 radical (unpaired) electrons. The minimum Gasteiger partial charge on any atom is -0.452 e. The highest BCUT2D eigenvalue weighted by molar-refractivity contribution is 9.14. The second kappa shape index (κ2) is 6.41. The van der Waals surface area contributed by atoms with E-state index < -0.39 is 24.1 Å². The number of halogens is 4. The van der Waals surface area contributed by atoms with E-state index in [1.807, 2.05) is 0 Å². The van der Waals surface area contributed by atoms with Crippen molar-refractivity contribution in [3.8, 4) is 0 Å². The Balaban J connectivity index is 1.95. The molecule has 0 fully saturated rings. The molecule has 2 rings (SSSR count). The molecular weight excluding hydrogens is 532 g/mol. The second-order valence-corrected chi connectivity index (χ2v) is 7.35. The van der Waals surface area contributed by atoms with E-state index in [1.165, 1.54) is 0 Å². The van der Waals surface area contributed by atoms with Gasteiger partial charge in [0.2, 0.25) is 0 Å². The van der Waals surface area contributed by atoms with Crippen LogP contribution in [0.4, 0.5) is 0 Å². The Hall–Kier alpha value is 0.01000. The van der Waals surface area contributed by atoms with E-state index in [0.717, 1.165) is 0 Å². The van der Waals surface area contributed by atoms with E-state index in [4.69, 9.17) is 9.47 Å². The zero-order valence-electron chi connectivity index (χ0n) is 9.62. The predicted octanol–water partition coefficient (Wildman–Crippen LogP) is 3.19. The summed E-state index contributed by atoms with van der Waals surface area (Å²) in [5.74, 6) is -1.20. The highest BCUT2D eigenvalue weighted by Gasteiger charge is 2.36. The van der Waals surface area contributed by atoms with Crippen molar-refractivity contribution in [2.45, 2.75) is 25.0 Å². The number of carbonyl (C=O) groups is 3. The molecule has 0 saturated heterocycles. The van der Waals surface area contributed by atoms with Gasteiger partial charge in [-0.2, -0.15) is 0 Å². The van der Waals surface area contributed by atoms with Gasteiger partial charge in [-0.25, -0.2) is 9.59 Å². The summed E-state index contributed by atoms with van der Waals surface area (Å²) in [7, 11) is 0. The third kappa shape index (κ3) is 3.26. The molecule has 0 N–H and O–H groups in total. The van der Waals surface area contributed by atoms with E-state index in [9.17, 15) is 14.4 Å². The number of ketones is 1. The van der Waals surface area contributed by atoms with Crippen molar-refractivity contribution in [3.05, 3.63) is 17.9 Å². The number of ether oxygens (including phenoxy) is 2. The lowest BCUT2D eigenvalue weighted by atomic mass is 10.1. The number of rotatable bonds is 4. The van der Waals surface area contributed by atoms with Crippen molar-refractivity contribution in [1.82, 2.24) is 0 Å². The Morgan fingerprint density at radius 3 is 1.45 bits per heavy atom. The summed E-state index contributed by atoms with van der Waals surface area (Å²) in [6.07, 6.45) is -1.22. The minimum atomic E-state index is -0.632.